The van der Waals surface area contributed by atoms with Crippen LogP contribution in [0.3, 0.4) is 0 Å². The summed E-state index contributed by atoms with van der Waals surface area (Å²) in [7, 11) is 2.00. The minimum Gasteiger partial charge on any atom is -0.357 e. The van der Waals surface area contributed by atoms with Crippen LogP contribution in [0, 0.1) is 5.92 Å². The van der Waals surface area contributed by atoms with E-state index in [1.807, 2.05) is 7.05 Å². The normalized spacial score (nSPS) is 16.9. The predicted octanol–water partition coefficient (Wildman–Crippen LogP) is 2.99. The lowest BCUT2D eigenvalue weighted by molar-refractivity contribution is 0.393. The number of nitrogens with one attached hydrogen (secondary N) is 1. The Morgan fingerprint density at radius 2 is 2.00 bits per heavy atom. The van der Waals surface area contributed by atoms with Crippen LogP contribution in [0.2, 0.25) is 0 Å². The van der Waals surface area contributed by atoms with Gasteiger partial charge in [0.05, 0.1) is 0 Å². The molecular formula is C16H27N3. The number of hydrogen-bond acceptors (Lipinski definition) is 3. The minimum absolute atomic E-state index is 0.919. The van der Waals surface area contributed by atoms with Gasteiger partial charge in [-0.05, 0) is 49.9 Å². The zero-order valence-electron chi connectivity index (χ0n) is 12.6. The van der Waals surface area contributed by atoms with E-state index < -0.39 is 0 Å². The molecule has 19 heavy (non-hydrogen) atoms. The van der Waals surface area contributed by atoms with Crippen LogP contribution in [0.5, 0.6) is 0 Å². The minimum atomic E-state index is 0.919. The van der Waals surface area contributed by atoms with Crippen molar-refractivity contribution in [1.29, 1.82) is 0 Å². The summed E-state index contributed by atoms with van der Waals surface area (Å²) in [6, 6.07) is 4.47. The van der Waals surface area contributed by atoms with Crippen LogP contribution < -0.4 is 10.2 Å². The maximum atomic E-state index is 4.81. The van der Waals surface area contributed by atoms with Gasteiger partial charge in [-0.15, -0.1) is 0 Å². The van der Waals surface area contributed by atoms with Gasteiger partial charge in [-0.25, -0.2) is 4.98 Å². The van der Waals surface area contributed by atoms with Gasteiger partial charge in [0.1, 0.15) is 5.82 Å². The summed E-state index contributed by atoms with van der Waals surface area (Å²) in [6.07, 6.45) is 4.96. The van der Waals surface area contributed by atoms with E-state index in [0.717, 1.165) is 32.0 Å². The van der Waals surface area contributed by atoms with Crippen molar-refractivity contribution in [3.05, 3.63) is 23.4 Å². The van der Waals surface area contributed by atoms with Gasteiger partial charge in [-0.3, -0.25) is 0 Å². The molecule has 1 saturated heterocycles. The molecule has 1 aliphatic heterocycles. The average molecular weight is 261 g/mol. The lowest BCUT2D eigenvalue weighted by atomic mass is 9.94. The van der Waals surface area contributed by atoms with Gasteiger partial charge >= 0.3 is 0 Å². The summed E-state index contributed by atoms with van der Waals surface area (Å²) in [5.41, 5.74) is 2.56. The van der Waals surface area contributed by atoms with Crippen LogP contribution in [0.25, 0.3) is 0 Å². The number of nitrogens with zero attached hydrogens (tertiary/aromatic N) is 2. The second kappa shape index (κ2) is 6.90. The third-order valence-electron chi connectivity index (χ3n) is 4.18. The van der Waals surface area contributed by atoms with Gasteiger partial charge in [0, 0.05) is 25.3 Å². The molecule has 106 valence electrons. The molecule has 0 aliphatic carbocycles. The molecule has 0 bridgehead atoms. The first-order valence-corrected chi connectivity index (χ1v) is 7.66. The summed E-state index contributed by atoms with van der Waals surface area (Å²) in [6.45, 7) is 7.74. The van der Waals surface area contributed by atoms with E-state index in [9.17, 15) is 0 Å². The van der Waals surface area contributed by atoms with E-state index in [1.54, 1.807) is 0 Å². The Bertz CT molecular complexity index is 395. The van der Waals surface area contributed by atoms with E-state index in [2.05, 4.69) is 36.2 Å². The van der Waals surface area contributed by atoms with Crippen LogP contribution in [-0.4, -0.2) is 25.1 Å². The number of piperidine rings is 1. The van der Waals surface area contributed by atoms with Crippen LogP contribution >= 0.6 is 0 Å². The molecule has 3 nitrogen and oxygen atoms in total. The molecule has 1 fully saturated rings. The van der Waals surface area contributed by atoms with Crippen molar-refractivity contribution in [2.75, 3.05) is 25.0 Å². The van der Waals surface area contributed by atoms with Crippen LogP contribution in [0.1, 0.15) is 44.4 Å². The highest BCUT2D eigenvalue weighted by molar-refractivity contribution is 5.43. The fraction of sp³-hybridized carbons (Fsp3) is 0.688. The monoisotopic (exact) mass is 261 g/mol. The van der Waals surface area contributed by atoms with E-state index in [1.165, 1.54) is 36.3 Å². The summed E-state index contributed by atoms with van der Waals surface area (Å²) >= 11 is 0. The van der Waals surface area contributed by atoms with E-state index in [0.29, 0.717) is 0 Å². The summed E-state index contributed by atoms with van der Waals surface area (Å²) in [5.74, 6) is 2.10. The number of anilines is 1. The number of aryl methyl sites for hydroxylation is 1. The summed E-state index contributed by atoms with van der Waals surface area (Å²) < 4.78 is 0. The maximum Gasteiger partial charge on any atom is 0.129 e. The number of rotatable bonds is 5. The quantitative estimate of drug-likeness (QED) is 0.883. The molecule has 0 atom stereocenters. The second-order valence-corrected chi connectivity index (χ2v) is 5.55. The Kier molecular flexibility index (Phi) is 5.20. The molecule has 1 N–H and O–H groups in total. The van der Waals surface area contributed by atoms with Crippen LogP contribution in [-0.2, 0) is 13.0 Å². The highest BCUT2D eigenvalue weighted by atomic mass is 15.2. The van der Waals surface area contributed by atoms with Gasteiger partial charge in [0.15, 0.2) is 0 Å². The maximum absolute atomic E-state index is 4.81. The smallest absolute Gasteiger partial charge is 0.129 e. The molecule has 0 radical (unpaired) electrons. The molecule has 0 amide bonds. The fourth-order valence-electron chi connectivity index (χ4n) is 2.85. The largest absolute Gasteiger partial charge is 0.357 e. The number of hydrogen-bond donors (Lipinski definition) is 1. The molecule has 1 aromatic rings. The molecule has 1 aromatic heterocycles. The zero-order valence-corrected chi connectivity index (χ0v) is 12.6. The molecule has 0 unspecified atom stereocenters. The molecular weight excluding hydrogens is 234 g/mol. The Morgan fingerprint density at radius 1 is 1.26 bits per heavy atom. The zero-order chi connectivity index (χ0) is 13.7. The standard InChI is InChI=1S/C16H27N3/c1-4-13-6-8-19(9-7-13)16-11-14(12-17-3)10-15(5-2)18-16/h10-11,13,17H,4-9,12H2,1-3H3. The first-order chi connectivity index (χ1) is 9.26. The van der Waals surface area contributed by atoms with Gasteiger partial charge in [0.25, 0.3) is 0 Å². The van der Waals surface area contributed by atoms with Gasteiger partial charge in [-0.2, -0.15) is 0 Å². The topological polar surface area (TPSA) is 28.2 Å². The Labute approximate surface area is 117 Å². The third-order valence-corrected chi connectivity index (χ3v) is 4.18. The number of pyridine rings is 1. The third kappa shape index (κ3) is 3.69. The molecule has 2 rings (SSSR count). The average Bonchev–Trinajstić information content (AvgIpc) is 2.47. The van der Waals surface area contributed by atoms with E-state index in [-0.39, 0.29) is 0 Å². The molecule has 0 spiro atoms. The fourth-order valence-corrected chi connectivity index (χ4v) is 2.85. The highest BCUT2D eigenvalue weighted by Crippen LogP contribution is 2.24. The van der Waals surface area contributed by atoms with Crippen molar-refractivity contribution in [3.63, 3.8) is 0 Å². The van der Waals surface area contributed by atoms with Crippen molar-refractivity contribution in [3.8, 4) is 0 Å². The van der Waals surface area contributed by atoms with Crippen molar-refractivity contribution in [1.82, 2.24) is 10.3 Å². The van der Waals surface area contributed by atoms with Crippen molar-refractivity contribution < 1.29 is 0 Å². The van der Waals surface area contributed by atoms with Crippen molar-refractivity contribution in [2.24, 2.45) is 5.92 Å². The van der Waals surface area contributed by atoms with Gasteiger partial charge < -0.3 is 10.2 Å². The van der Waals surface area contributed by atoms with Crippen LogP contribution in [0.4, 0.5) is 5.82 Å². The summed E-state index contributed by atoms with van der Waals surface area (Å²) in [4.78, 5) is 7.27. The van der Waals surface area contributed by atoms with E-state index in [4.69, 9.17) is 4.98 Å². The molecule has 3 heteroatoms. The lowest BCUT2D eigenvalue weighted by Crippen LogP contribution is -2.34. The highest BCUT2D eigenvalue weighted by Gasteiger charge is 2.19. The SMILES string of the molecule is CCc1cc(CNC)cc(N2CCC(CC)CC2)n1. The molecule has 1 aliphatic rings. The van der Waals surface area contributed by atoms with Crippen molar-refractivity contribution in [2.45, 2.75) is 46.1 Å². The summed E-state index contributed by atoms with van der Waals surface area (Å²) in [5, 5.41) is 3.24. The molecule has 0 aromatic carbocycles. The lowest BCUT2D eigenvalue weighted by Gasteiger charge is -2.32. The Morgan fingerprint density at radius 3 is 2.58 bits per heavy atom. The molecule has 2 heterocycles. The predicted molar refractivity (Wildman–Crippen MR) is 81.6 cm³/mol. The van der Waals surface area contributed by atoms with E-state index >= 15 is 0 Å². The number of aromatic nitrogens is 1. The Balaban J connectivity index is 2.12. The van der Waals surface area contributed by atoms with Crippen LogP contribution in [0.15, 0.2) is 12.1 Å². The van der Waals surface area contributed by atoms with Gasteiger partial charge in [0.2, 0.25) is 0 Å². The second-order valence-electron chi connectivity index (χ2n) is 5.55. The first-order valence-electron chi connectivity index (χ1n) is 7.66. The van der Waals surface area contributed by atoms with Gasteiger partial charge in [-0.1, -0.05) is 20.3 Å². The van der Waals surface area contributed by atoms with Crippen molar-refractivity contribution >= 4 is 5.82 Å². The Hall–Kier alpha value is -1.09. The molecule has 0 saturated carbocycles. The first kappa shape index (κ1) is 14.3.